The van der Waals surface area contributed by atoms with Gasteiger partial charge in [-0.15, -0.1) is 0 Å². The molecule has 4 nitrogen and oxygen atoms in total. The molecule has 2 saturated carbocycles. The lowest BCUT2D eigenvalue weighted by atomic mass is 9.69. The predicted molar refractivity (Wildman–Crippen MR) is 118 cm³/mol. The third-order valence-electron chi connectivity index (χ3n) is 7.18. The highest BCUT2D eigenvalue weighted by molar-refractivity contribution is 6.17. The van der Waals surface area contributed by atoms with E-state index in [1.165, 1.54) is 76.3 Å². The molecular formula is C23H36BN3O. The number of carbonyl (C=O) groups excluding carboxylic acids is 1. The van der Waals surface area contributed by atoms with E-state index >= 15 is 0 Å². The molecule has 0 spiro atoms. The summed E-state index contributed by atoms with van der Waals surface area (Å²) >= 11 is 0. The maximum Gasteiger partial charge on any atom is 0.269 e. The summed E-state index contributed by atoms with van der Waals surface area (Å²) in [6.45, 7) is 2.21. The lowest BCUT2D eigenvalue weighted by molar-refractivity contribution is 0.0912. The first-order valence-electron chi connectivity index (χ1n) is 11.7. The number of nitrogens with one attached hydrogen (secondary N) is 1. The molecule has 5 heteroatoms. The topological polar surface area (TPSA) is 45.2 Å². The molecule has 1 aromatic rings. The molecule has 1 aromatic heterocycles. The molecule has 0 unspecified atom stereocenters. The Morgan fingerprint density at radius 2 is 1.61 bits per heavy atom. The molecule has 152 valence electrons. The molecule has 0 atom stereocenters. The number of rotatable bonds is 4. The van der Waals surface area contributed by atoms with Crippen molar-refractivity contribution < 1.29 is 4.79 Å². The summed E-state index contributed by atoms with van der Waals surface area (Å²) in [6, 6.07) is 4.32. The van der Waals surface area contributed by atoms with E-state index in [1.54, 1.807) is 0 Å². The van der Waals surface area contributed by atoms with Crippen LogP contribution >= 0.6 is 0 Å². The molecule has 3 fully saturated rings. The summed E-state index contributed by atoms with van der Waals surface area (Å²) in [6.07, 6.45) is 16.0. The van der Waals surface area contributed by atoms with Crippen molar-refractivity contribution in [3.63, 3.8) is 0 Å². The van der Waals surface area contributed by atoms with Crippen molar-refractivity contribution in [2.75, 3.05) is 18.0 Å². The van der Waals surface area contributed by atoms with Gasteiger partial charge in [0.05, 0.1) is 0 Å². The van der Waals surface area contributed by atoms with Crippen molar-refractivity contribution in [2.45, 2.75) is 94.8 Å². The Bertz CT molecular complexity index is 638. The number of pyridine rings is 1. The Morgan fingerprint density at radius 1 is 0.964 bits per heavy atom. The lowest BCUT2D eigenvalue weighted by Crippen LogP contribution is -2.49. The molecule has 0 radical (unpaired) electrons. The number of anilines is 1. The van der Waals surface area contributed by atoms with Crippen molar-refractivity contribution in [2.24, 2.45) is 0 Å². The van der Waals surface area contributed by atoms with E-state index in [0.29, 0.717) is 11.6 Å². The summed E-state index contributed by atoms with van der Waals surface area (Å²) in [5.74, 6) is 0.564. The molecule has 1 saturated heterocycles. The van der Waals surface area contributed by atoms with Crippen LogP contribution in [-0.2, 0) is 0 Å². The van der Waals surface area contributed by atoms with Crippen LogP contribution in [0.25, 0.3) is 0 Å². The van der Waals surface area contributed by atoms with Crippen molar-refractivity contribution in [3.8, 4) is 0 Å². The van der Waals surface area contributed by atoms with Gasteiger partial charge in [-0.1, -0.05) is 44.9 Å². The van der Waals surface area contributed by atoms with Gasteiger partial charge in [-0.2, -0.15) is 0 Å². The van der Waals surface area contributed by atoms with E-state index in [9.17, 15) is 4.79 Å². The number of hydrogen-bond donors (Lipinski definition) is 1. The second-order valence-electron chi connectivity index (χ2n) is 9.59. The molecule has 28 heavy (non-hydrogen) atoms. The fourth-order valence-electron chi connectivity index (χ4n) is 5.39. The molecule has 3 aliphatic rings. The smallest absolute Gasteiger partial charge is 0.269 e. The monoisotopic (exact) mass is 381 g/mol. The molecule has 0 bridgehead atoms. The van der Waals surface area contributed by atoms with Crippen molar-refractivity contribution in [1.29, 1.82) is 0 Å². The van der Waals surface area contributed by atoms with Gasteiger partial charge >= 0.3 is 0 Å². The lowest BCUT2D eigenvalue weighted by Gasteiger charge is -2.33. The fourth-order valence-corrected chi connectivity index (χ4v) is 5.39. The number of aromatic nitrogens is 1. The summed E-state index contributed by atoms with van der Waals surface area (Å²) in [5.41, 5.74) is 2.91. The molecule has 2 heterocycles. The third kappa shape index (κ3) is 4.72. The zero-order valence-electron chi connectivity index (χ0n) is 17.6. The van der Waals surface area contributed by atoms with Crippen LogP contribution in [0.1, 0.15) is 106 Å². The van der Waals surface area contributed by atoms with E-state index in [4.69, 9.17) is 4.98 Å². The molecule has 2 aliphatic carbocycles. The fraction of sp³-hybridized carbons (Fsp3) is 0.739. The normalized spacial score (nSPS) is 23.4. The summed E-state index contributed by atoms with van der Waals surface area (Å²) in [7, 11) is 2.23. The number of carbonyl (C=O) groups is 1. The first-order valence-corrected chi connectivity index (χ1v) is 11.7. The second kappa shape index (κ2) is 8.88. The summed E-state index contributed by atoms with van der Waals surface area (Å²) < 4.78 is 0. The minimum atomic E-state index is -0.0870. The highest BCUT2D eigenvalue weighted by Gasteiger charge is 2.29. The first kappa shape index (κ1) is 19.8. The second-order valence-corrected chi connectivity index (χ2v) is 9.59. The van der Waals surface area contributed by atoms with Crippen LogP contribution in [0.15, 0.2) is 12.1 Å². The zero-order chi connectivity index (χ0) is 19.4. The van der Waals surface area contributed by atoms with Crippen molar-refractivity contribution >= 4 is 19.4 Å². The van der Waals surface area contributed by atoms with Crippen LogP contribution in [0.3, 0.4) is 0 Å². The van der Waals surface area contributed by atoms with Crippen LogP contribution in [0, 0.1) is 0 Å². The minimum Gasteiger partial charge on any atom is -0.371 e. The van der Waals surface area contributed by atoms with Crippen LogP contribution < -0.4 is 10.2 Å². The van der Waals surface area contributed by atoms with Crippen LogP contribution in [0.5, 0.6) is 0 Å². The molecular weight excluding hydrogens is 345 g/mol. The molecule has 1 amide bonds. The van der Waals surface area contributed by atoms with Gasteiger partial charge in [0, 0.05) is 35.8 Å². The highest BCUT2D eigenvalue weighted by atomic mass is 16.2. The van der Waals surface area contributed by atoms with Gasteiger partial charge in [0.15, 0.2) is 0 Å². The third-order valence-corrected chi connectivity index (χ3v) is 7.18. The zero-order valence-corrected chi connectivity index (χ0v) is 17.6. The van der Waals surface area contributed by atoms with Gasteiger partial charge in [0.1, 0.15) is 13.5 Å². The number of hydrogen-bond acceptors (Lipinski definition) is 3. The van der Waals surface area contributed by atoms with E-state index in [1.807, 2.05) is 6.07 Å². The van der Waals surface area contributed by atoms with E-state index in [0.717, 1.165) is 31.6 Å². The molecule has 1 N–H and O–H groups in total. The molecule has 0 aromatic carbocycles. The summed E-state index contributed by atoms with van der Waals surface area (Å²) in [5, 5.41) is 3.39. The van der Waals surface area contributed by atoms with Crippen LogP contribution in [0.2, 0.25) is 0 Å². The Balaban J connectivity index is 1.56. The quantitative estimate of drug-likeness (QED) is 0.798. The largest absolute Gasteiger partial charge is 0.371 e. The maximum atomic E-state index is 13.3. The van der Waals surface area contributed by atoms with Crippen LogP contribution in [-0.4, -0.2) is 37.3 Å². The number of amides is 1. The number of nitrogens with zero attached hydrogens (tertiary/aromatic N) is 2. The molecule has 1 aliphatic heterocycles. The SMILES string of the molecule is BC1(NC(=O)c2cc(N3CCCC3)cc(C3CCCC3)n2)CCCCCCC1. The van der Waals surface area contributed by atoms with Gasteiger partial charge in [0.2, 0.25) is 0 Å². The standard InChI is InChI=1S/C23H36BN3O/c24-23(12-6-2-1-3-7-13-23)26-22(28)21-17-19(27-14-8-9-15-27)16-20(25-21)18-10-4-5-11-18/h16-18H,1-15,24H2,(H,26,28). The highest BCUT2D eigenvalue weighted by Crippen LogP contribution is 2.35. The summed E-state index contributed by atoms with van der Waals surface area (Å²) in [4.78, 5) is 20.6. The Labute approximate surface area is 171 Å². The van der Waals surface area contributed by atoms with Crippen LogP contribution in [0.4, 0.5) is 5.69 Å². The van der Waals surface area contributed by atoms with Crippen molar-refractivity contribution in [3.05, 3.63) is 23.5 Å². The first-order chi connectivity index (χ1) is 13.6. The van der Waals surface area contributed by atoms with Gasteiger partial charge in [0.25, 0.3) is 5.91 Å². The Morgan fingerprint density at radius 3 is 2.29 bits per heavy atom. The van der Waals surface area contributed by atoms with Gasteiger partial charge < -0.3 is 10.2 Å². The maximum absolute atomic E-state index is 13.3. The van der Waals surface area contributed by atoms with Gasteiger partial charge in [-0.05, 0) is 50.7 Å². The van der Waals surface area contributed by atoms with Gasteiger partial charge in [-0.25, -0.2) is 4.98 Å². The molecule has 4 rings (SSSR count). The van der Waals surface area contributed by atoms with E-state index < -0.39 is 0 Å². The van der Waals surface area contributed by atoms with E-state index in [2.05, 4.69) is 24.1 Å². The average Bonchev–Trinajstić information content (AvgIpc) is 3.38. The van der Waals surface area contributed by atoms with Gasteiger partial charge in [-0.3, -0.25) is 4.79 Å². The van der Waals surface area contributed by atoms with Crippen molar-refractivity contribution in [1.82, 2.24) is 10.3 Å². The predicted octanol–water partition coefficient (Wildman–Crippen LogP) is 4.14. The van der Waals surface area contributed by atoms with E-state index in [-0.39, 0.29) is 11.3 Å². The Hall–Kier alpha value is -1.52. The minimum absolute atomic E-state index is 0.0309. The Kier molecular flexibility index (Phi) is 6.27. The average molecular weight is 381 g/mol.